The van der Waals surface area contributed by atoms with Crippen molar-refractivity contribution in [1.82, 2.24) is 0 Å². The Morgan fingerprint density at radius 3 is 2.33 bits per heavy atom. The van der Waals surface area contributed by atoms with Gasteiger partial charge in [-0.1, -0.05) is 62.4 Å². The van der Waals surface area contributed by atoms with Crippen molar-refractivity contribution in [1.29, 1.82) is 0 Å². The molecule has 0 spiro atoms. The van der Waals surface area contributed by atoms with Crippen molar-refractivity contribution in [3.8, 4) is 24.2 Å². The molecule has 0 saturated carbocycles. The Hall–Kier alpha value is -2.18. The van der Waals surface area contributed by atoms with Gasteiger partial charge in [-0.05, 0) is 23.8 Å². The van der Waals surface area contributed by atoms with Crippen molar-refractivity contribution < 1.29 is 0 Å². The van der Waals surface area contributed by atoms with Gasteiger partial charge in [0.2, 0.25) is 0 Å². The van der Waals surface area contributed by atoms with Crippen LogP contribution in [0.25, 0.3) is 10.8 Å². The van der Waals surface area contributed by atoms with E-state index in [-0.39, 0.29) is 0 Å². The van der Waals surface area contributed by atoms with Gasteiger partial charge < -0.3 is 0 Å². The highest BCUT2D eigenvalue weighted by Gasteiger charge is 2.02. The third kappa shape index (κ3) is 3.16. The van der Waals surface area contributed by atoms with Crippen LogP contribution in [0.4, 0.5) is 0 Å². The molecule has 2 aromatic carbocycles. The van der Waals surface area contributed by atoms with Crippen LogP contribution in [0, 0.1) is 24.2 Å². The normalized spacial score (nSPS) is 8.56. The smallest absolute Gasteiger partial charge is 0.0480 e. The minimum absolute atomic E-state index is 0.864. The molecule has 0 atom stereocenters. The second-order valence-electron chi connectivity index (χ2n) is 3.94. The molecule has 0 fully saturated rings. The molecule has 0 heterocycles. The minimum atomic E-state index is 0.864. The molecule has 0 aliphatic carbocycles. The molecule has 0 amide bonds. The third-order valence-corrected chi connectivity index (χ3v) is 2.33. The second-order valence-corrected chi connectivity index (χ2v) is 3.94. The zero-order valence-electron chi connectivity index (χ0n) is 11.2. The molecule has 0 N–H and O–H groups in total. The summed E-state index contributed by atoms with van der Waals surface area (Å²) in [6.45, 7) is 6.07. The molecule has 0 unspecified atom stereocenters. The van der Waals surface area contributed by atoms with Crippen LogP contribution in [-0.2, 0) is 0 Å². The number of benzene rings is 2. The molecular weight excluding hydrogens is 216 g/mol. The van der Waals surface area contributed by atoms with Crippen LogP contribution in [0.15, 0.2) is 36.4 Å². The highest BCUT2D eigenvalue weighted by molar-refractivity contribution is 5.90. The van der Waals surface area contributed by atoms with Crippen molar-refractivity contribution in [3.05, 3.63) is 47.5 Å². The van der Waals surface area contributed by atoms with Gasteiger partial charge in [0.15, 0.2) is 0 Å². The van der Waals surface area contributed by atoms with Crippen molar-refractivity contribution in [2.24, 2.45) is 0 Å². The number of hydrogen-bond acceptors (Lipinski definition) is 0. The first kappa shape index (κ1) is 13.9. The Labute approximate surface area is 110 Å². The average molecular weight is 234 g/mol. The van der Waals surface area contributed by atoms with Gasteiger partial charge in [0.1, 0.15) is 0 Å². The number of terminal acetylenes is 1. The zero-order valence-corrected chi connectivity index (χ0v) is 11.2. The van der Waals surface area contributed by atoms with Gasteiger partial charge in [-0.3, -0.25) is 0 Å². The third-order valence-electron chi connectivity index (χ3n) is 2.33. The van der Waals surface area contributed by atoms with E-state index in [9.17, 15) is 0 Å². The van der Waals surface area contributed by atoms with E-state index in [1.54, 1.807) is 0 Å². The molecule has 18 heavy (non-hydrogen) atoms. The Morgan fingerprint density at radius 2 is 1.72 bits per heavy atom. The highest BCUT2D eigenvalue weighted by Crippen LogP contribution is 2.21. The first-order valence-electron chi connectivity index (χ1n) is 6.19. The van der Waals surface area contributed by atoms with Gasteiger partial charge >= 0.3 is 0 Å². The maximum atomic E-state index is 5.45. The van der Waals surface area contributed by atoms with Crippen LogP contribution < -0.4 is 0 Å². The van der Waals surface area contributed by atoms with Gasteiger partial charge in [0, 0.05) is 11.1 Å². The van der Waals surface area contributed by atoms with Crippen LogP contribution in [0.2, 0.25) is 0 Å². The topological polar surface area (TPSA) is 0 Å². The van der Waals surface area contributed by atoms with Crippen LogP contribution in [0.1, 0.15) is 38.3 Å². The molecule has 2 aromatic rings. The maximum Gasteiger partial charge on any atom is 0.0480 e. The van der Waals surface area contributed by atoms with Crippen LogP contribution in [-0.4, -0.2) is 0 Å². The van der Waals surface area contributed by atoms with Gasteiger partial charge in [-0.25, -0.2) is 0 Å². The summed E-state index contributed by atoms with van der Waals surface area (Å²) in [5.41, 5.74) is 1.82. The van der Waals surface area contributed by atoms with Gasteiger partial charge in [0.05, 0.1) is 0 Å². The lowest BCUT2D eigenvalue weighted by molar-refractivity contribution is 1.09. The Balaban J connectivity index is 0.000000492. The summed E-state index contributed by atoms with van der Waals surface area (Å²) in [4.78, 5) is 0. The Morgan fingerprint density at radius 1 is 1.06 bits per heavy atom. The fraction of sp³-hybridized carbons (Fsp3) is 0.222. The van der Waals surface area contributed by atoms with Crippen LogP contribution >= 0.6 is 0 Å². The van der Waals surface area contributed by atoms with Gasteiger partial charge in [-0.15, -0.1) is 12.3 Å². The van der Waals surface area contributed by atoms with E-state index in [1.807, 2.05) is 31.2 Å². The summed E-state index contributed by atoms with van der Waals surface area (Å²) in [6.07, 6.45) is 6.70. The van der Waals surface area contributed by atoms with E-state index < -0.39 is 0 Å². The quantitative estimate of drug-likeness (QED) is 0.584. The van der Waals surface area contributed by atoms with E-state index in [2.05, 4.69) is 43.7 Å². The minimum Gasteiger partial charge on any atom is -0.115 e. The Kier molecular flexibility index (Phi) is 5.56. The van der Waals surface area contributed by atoms with Gasteiger partial charge in [0.25, 0.3) is 0 Å². The predicted molar refractivity (Wildman–Crippen MR) is 80.4 cm³/mol. The molecule has 0 radical (unpaired) electrons. The molecule has 90 valence electrons. The average Bonchev–Trinajstić information content (AvgIpc) is 2.40. The van der Waals surface area contributed by atoms with E-state index in [0.717, 1.165) is 16.5 Å². The van der Waals surface area contributed by atoms with E-state index in [1.165, 1.54) is 11.8 Å². The van der Waals surface area contributed by atoms with E-state index >= 15 is 0 Å². The van der Waals surface area contributed by atoms with Crippen LogP contribution in [0.5, 0.6) is 0 Å². The Bertz CT molecular complexity index is 616. The predicted octanol–water partition coefficient (Wildman–Crippen LogP) is 4.61. The SMILES string of the molecule is C#Cc1ccc2ccccc2c1C#CC.CCC. The summed E-state index contributed by atoms with van der Waals surface area (Å²) >= 11 is 0. The van der Waals surface area contributed by atoms with Crippen molar-refractivity contribution in [3.63, 3.8) is 0 Å². The molecule has 0 aromatic heterocycles. The fourth-order valence-electron chi connectivity index (χ4n) is 1.65. The molecule has 0 bridgehead atoms. The van der Waals surface area contributed by atoms with Gasteiger partial charge in [-0.2, -0.15) is 0 Å². The lowest BCUT2D eigenvalue weighted by Crippen LogP contribution is -1.85. The molecule has 0 aliphatic rings. The second kappa shape index (κ2) is 7.21. The molecule has 2 rings (SSSR count). The first-order chi connectivity index (χ1) is 8.78. The van der Waals surface area contributed by atoms with Crippen LogP contribution in [0.3, 0.4) is 0 Å². The molecule has 0 heteroatoms. The molecular formula is C18H18. The first-order valence-corrected chi connectivity index (χ1v) is 6.19. The van der Waals surface area contributed by atoms with Crippen molar-refractivity contribution in [2.75, 3.05) is 0 Å². The zero-order chi connectivity index (χ0) is 13.4. The monoisotopic (exact) mass is 234 g/mol. The van der Waals surface area contributed by atoms with E-state index in [4.69, 9.17) is 6.42 Å². The number of rotatable bonds is 0. The number of fused-ring (bicyclic) bond motifs is 1. The van der Waals surface area contributed by atoms with E-state index in [0.29, 0.717) is 0 Å². The molecule has 0 saturated heterocycles. The lowest BCUT2D eigenvalue weighted by atomic mass is 10.00. The lowest BCUT2D eigenvalue weighted by Gasteiger charge is -2.03. The number of hydrogen-bond donors (Lipinski definition) is 0. The summed E-state index contributed by atoms with van der Waals surface area (Å²) in [6, 6.07) is 12.1. The van der Waals surface area contributed by atoms with Crippen molar-refractivity contribution in [2.45, 2.75) is 27.2 Å². The molecule has 0 aliphatic heterocycles. The maximum absolute atomic E-state index is 5.45. The highest BCUT2D eigenvalue weighted by atomic mass is 14.0. The van der Waals surface area contributed by atoms with Crippen molar-refractivity contribution >= 4 is 10.8 Å². The fourth-order valence-corrected chi connectivity index (χ4v) is 1.65. The largest absolute Gasteiger partial charge is 0.115 e. The summed E-state index contributed by atoms with van der Waals surface area (Å²) < 4.78 is 0. The summed E-state index contributed by atoms with van der Waals surface area (Å²) in [7, 11) is 0. The molecule has 0 nitrogen and oxygen atoms in total. The summed E-state index contributed by atoms with van der Waals surface area (Å²) in [5, 5.41) is 2.30. The summed E-state index contributed by atoms with van der Waals surface area (Å²) in [5.74, 6) is 8.65. The standard InChI is InChI=1S/C15H10.C3H8/c1-3-7-14-12(4-2)10-11-13-8-5-6-9-15(13)14;1-3-2/h2,5-6,8-11H,1H3;3H2,1-2H3.